The molecule has 0 fully saturated rings. The molecule has 3 aromatic carbocycles. The Balaban J connectivity index is 1.64. The van der Waals surface area contributed by atoms with Gasteiger partial charge in [-0.15, -0.1) is 0 Å². The second kappa shape index (κ2) is 12.4. The minimum absolute atomic E-state index is 0.311. The minimum Gasteiger partial charge on any atom is -0.496 e. The van der Waals surface area contributed by atoms with Gasteiger partial charge in [-0.05, 0) is 77.3 Å². The van der Waals surface area contributed by atoms with E-state index < -0.39 is 0 Å². The third-order valence-corrected chi connectivity index (χ3v) is 6.03. The zero-order chi connectivity index (χ0) is 22.9. The van der Waals surface area contributed by atoms with Crippen molar-refractivity contribution in [3.8, 4) is 17.2 Å². The molecule has 0 atom stereocenters. The maximum atomic E-state index is 6.27. The molecule has 3 aromatic rings. The summed E-state index contributed by atoms with van der Waals surface area (Å²) in [4.78, 5) is 0. The Morgan fingerprint density at radius 1 is 0.938 bits per heavy atom. The van der Waals surface area contributed by atoms with Crippen molar-refractivity contribution >= 4 is 39.1 Å². The van der Waals surface area contributed by atoms with Gasteiger partial charge in [0.05, 0.1) is 18.2 Å². The summed E-state index contributed by atoms with van der Waals surface area (Å²) in [5.41, 5.74) is 3.13. The van der Waals surface area contributed by atoms with Gasteiger partial charge in [0.25, 0.3) is 0 Å². The predicted molar refractivity (Wildman–Crippen MR) is 135 cm³/mol. The normalized spacial score (nSPS) is 10.8. The number of benzene rings is 3. The summed E-state index contributed by atoms with van der Waals surface area (Å²) in [6.45, 7) is 4.33. The van der Waals surface area contributed by atoms with Crippen molar-refractivity contribution in [2.75, 3.05) is 20.3 Å². The molecule has 0 heterocycles. The molecule has 0 unspecified atom stereocenters. The first kappa shape index (κ1) is 24.7. The Kier molecular flexibility index (Phi) is 9.54. The van der Waals surface area contributed by atoms with E-state index >= 15 is 0 Å². The standard InChI is InChI=1S/C25H26BrCl2NO3/c1-3-31-24-13-17(15-29-11-10-18-6-4-5-7-23(18)30-2)12-21(26)25(24)32-16-19-8-9-20(27)14-22(19)28/h4-9,12-14,29H,3,10-11,15-16H2,1-2H3. The highest BCUT2D eigenvalue weighted by molar-refractivity contribution is 9.10. The minimum atomic E-state index is 0.311. The van der Waals surface area contributed by atoms with Crippen molar-refractivity contribution in [2.24, 2.45) is 0 Å². The summed E-state index contributed by atoms with van der Waals surface area (Å²) in [6, 6.07) is 17.5. The van der Waals surface area contributed by atoms with E-state index in [2.05, 4.69) is 27.3 Å². The topological polar surface area (TPSA) is 39.7 Å². The number of para-hydroxylation sites is 1. The average molecular weight is 539 g/mol. The molecule has 1 N–H and O–H groups in total. The molecule has 3 rings (SSSR count). The Morgan fingerprint density at radius 2 is 1.75 bits per heavy atom. The van der Waals surface area contributed by atoms with Gasteiger partial charge < -0.3 is 19.5 Å². The Bertz CT molecular complexity index is 1050. The Hall–Kier alpha value is -1.92. The molecule has 0 radical (unpaired) electrons. The summed E-state index contributed by atoms with van der Waals surface area (Å²) in [5.74, 6) is 2.25. The molecular formula is C25H26BrCl2NO3. The number of nitrogens with one attached hydrogen (secondary N) is 1. The smallest absolute Gasteiger partial charge is 0.175 e. The van der Waals surface area contributed by atoms with Crippen LogP contribution < -0.4 is 19.5 Å². The van der Waals surface area contributed by atoms with Gasteiger partial charge in [0, 0.05) is 22.2 Å². The number of rotatable bonds is 11. The van der Waals surface area contributed by atoms with Gasteiger partial charge >= 0.3 is 0 Å². The first-order chi connectivity index (χ1) is 15.5. The predicted octanol–water partition coefficient (Wildman–Crippen LogP) is 7.07. The molecule has 0 spiro atoms. The van der Waals surface area contributed by atoms with E-state index in [1.165, 1.54) is 5.56 Å². The van der Waals surface area contributed by atoms with Gasteiger partial charge in [0.2, 0.25) is 0 Å². The highest BCUT2D eigenvalue weighted by atomic mass is 79.9. The van der Waals surface area contributed by atoms with Gasteiger partial charge in [-0.25, -0.2) is 0 Å². The zero-order valence-corrected chi connectivity index (χ0v) is 21.2. The highest BCUT2D eigenvalue weighted by Crippen LogP contribution is 2.38. The van der Waals surface area contributed by atoms with Crippen LogP contribution in [0.2, 0.25) is 10.0 Å². The molecule has 0 aliphatic heterocycles. The monoisotopic (exact) mass is 537 g/mol. The third-order valence-electron chi connectivity index (χ3n) is 4.85. The van der Waals surface area contributed by atoms with Gasteiger partial charge in [-0.2, -0.15) is 0 Å². The lowest BCUT2D eigenvalue weighted by Gasteiger charge is -2.16. The maximum Gasteiger partial charge on any atom is 0.175 e. The summed E-state index contributed by atoms with van der Waals surface area (Å²) in [7, 11) is 1.70. The molecule has 0 aliphatic rings. The van der Waals surface area contributed by atoms with E-state index in [9.17, 15) is 0 Å². The van der Waals surface area contributed by atoms with Crippen molar-refractivity contribution in [1.29, 1.82) is 0 Å². The van der Waals surface area contributed by atoms with E-state index in [1.54, 1.807) is 19.2 Å². The molecule has 0 aromatic heterocycles. The van der Waals surface area contributed by atoms with E-state index in [1.807, 2.05) is 43.3 Å². The lowest BCUT2D eigenvalue weighted by atomic mass is 10.1. The first-order valence-corrected chi connectivity index (χ1v) is 11.9. The van der Waals surface area contributed by atoms with Crippen LogP contribution in [0.1, 0.15) is 23.6 Å². The van der Waals surface area contributed by atoms with Gasteiger partial charge in [0.1, 0.15) is 12.4 Å². The SMILES string of the molecule is CCOc1cc(CNCCc2ccccc2OC)cc(Br)c1OCc1ccc(Cl)cc1Cl. The number of hydrogen-bond acceptors (Lipinski definition) is 4. The van der Waals surface area contributed by atoms with Crippen LogP contribution in [0.5, 0.6) is 17.2 Å². The summed E-state index contributed by atoms with van der Waals surface area (Å²) in [6.07, 6.45) is 0.881. The van der Waals surface area contributed by atoms with Crippen molar-refractivity contribution in [3.63, 3.8) is 0 Å². The fraction of sp³-hybridized carbons (Fsp3) is 0.280. The molecule has 4 nitrogen and oxygen atoms in total. The Labute approximate surface area is 207 Å². The van der Waals surface area contributed by atoms with Crippen molar-refractivity contribution in [1.82, 2.24) is 5.32 Å². The second-order valence-corrected chi connectivity index (χ2v) is 8.80. The lowest BCUT2D eigenvalue weighted by Crippen LogP contribution is -2.17. The maximum absolute atomic E-state index is 6.27. The van der Waals surface area contributed by atoms with Crippen LogP contribution in [-0.2, 0) is 19.6 Å². The highest BCUT2D eigenvalue weighted by Gasteiger charge is 2.14. The van der Waals surface area contributed by atoms with Gasteiger partial charge in [-0.3, -0.25) is 0 Å². The van der Waals surface area contributed by atoms with Crippen LogP contribution in [0.25, 0.3) is 0 Å². The number of methoxy groups -OCH3 is 1. The number of hydrogen-bond donors (Lipinski definition) is 1. The largest absolute Gasteiger partial charge is 0.496 e. The van der Waals surface area contributed by atoms with Crippen LogP contribution in [-0.4, -0.2) is 20.3 Å². The van der Waals surface area contributed by atoms with Crippen LogP contribution >= 0.6 is 39.1 Å². The molecule has 32 heavy (non-hydrogen) atoms. The van der Waals surface area contributed by atoms with Crippen molar-refractivity contribution in [2.45, 2.75) is 26.5 Å². The molecule has 0 saturated carbocycles. The van der Waals surface area contributed by atoms with Crippen LogP contribution in [0.4, 0.5) is 0 Å². The average Bonchev–Trinajstić information content (AvgIpc) is 2.78. The molecule has 0 aliphatic carbocycles. The fourth-order valence-corrected chi connectivity index (χ4v) is 4.35. The van der Waals surface area contributed by atoms with E-state index in [4.69, 9.17) is 37.4 Å². The number of ether oxygens (including phenoxy) is 3. The van der Waals surface area contributed by atoms with Gasteiger partial charge in [-0.1, -0.05) is 47.5 Å². The Morgan fingerprint density at radius 3 is 2.50 bits per heavy atom. The lowest BCUT2D eigenvalue weighted by molar-refractivity contribution is 0.267. The summed E-state index contributed by atoms with van der Waals surface area (Å²) >= 11 is 15.9. The fourth-order valence-electron chi connectivity index (χ4n) is 3.28. The van der Waals surface area contributed by atoms with Crippen molar-refractivity contribution < 1.29 is 14.2 Å². The zero-order valence-electron chi connectivity index (χ0n) is 18.1. The molecule has 7 heteroatoms. The molecule has 0 saturated heterocycles. The molecule has 0 amide bonds. The van der Waals surface area contributed by atoms with Gasteiger partial charge in [0.15, 0.2) is 11.5 Å². The number of halogens is 3. The van der Waals surface area contributed by atoms with Crippen LogP contribution in [0, 0.1) is 0 Å². The van der Waals surface area contributed by atoms with E-state index in [0.29, 0.717) is 41.3 Å². The molecule has 0 bridgehead atoms. The van der Waals surface area contributed by atoms with Crippen LogP contribution in [0.3, 0.4) is 0 Å². The van der Waals surface area contributed by atoms with E-state index in [0.717, 1.165) is 34.3 Å². The van der Waals surface area contributed by atoms with Crippen LogP contribution in [0.15, 0.2) is 59.1 Å². The quantitative estimate of drug-likeness (QED) is 0.265. The first-order valence-electron chi connectivity index (χ1n) is 10.4. The second-order valence-electron chi connectivity index (χ2n) is 7.10. The summed E-state index contributed by atoms with van der Waals surface area (Å²) < 4.78 is 18.2. The molecule has 170 valence electrons. The third kappa shape index (κ3) is 6.79. The molecular weight excluding hydrogens is 513 g/mol. The summed E-state index contributed by atoms with van der Waals surface area (Å²) in [5, 5.41) is 4.65. The van der Waals surface area contributed by atoms with E-state index in [-0.39, 0.29) is 0 Å². The van der Waals surface area contributed by atoms with Crippen molar-refractivity contribution in [3.05, 3.63) is 85.8 Å².